The van der Waals surface area contributed by atoms with E-state index in [1.807, 2.05) is 0 Å². The highest BCUT2D eigenvalue weighted by Gasteiger charge is 2.14. The fourth-order valence-corrected chi connectivity index (χ4v) is 2.64. The number of benzene rings is 2. The van der Waals surface area contributed by atoms with Gasteiger partial charge >= 0.3 is 0 Å². The van der Waals surface area contributed by atoms with Gasteiger partial charge in [0.1, 0.15) is 29.2 Å². The van der Waals surface area contributed by atoms with E-state index in [9.17, 15) is 14.9 Å². The van der Waals surface area contributed by atoms with Crippen molar-refractivity contribution in [3.05, 3.63) is 75.1 Å². The number of nitrogens with one attached hydrogen (secondary N) is 1. The van der Waals surface area contributed by atoms with Gasteiger partial charge in [-0.2, -0.15) is 5.26 Å². The van der Waals surface area contributed by atoms with E-state index in [-0.39, 0.29) is 16.6 Å². The zero-order chi connectivity index (χ0) is 19.4. The molecule has 6 nitrogen and oxygen atoms in total. The van der Waals surface area contributed by atoms with Gasteiger partial charge < -0.3 is 14.5 Å². The number of nitrogens with zero attached hydrogens (tertiary/aromatic N) is 1. The summed E-state index contributed by atoms with van der Waals surface area (Å²) in [6.07, 6.45) is 2.40. The van der Waals surface area contributed by atoms with Crippen molar-refractivity contribution >= 4 is 40.2 Å². The zero-order valence-corrected chi connectivity index (χ0v) is 14.9. The summed E-state index contributed by atoms with van der Waals surface area (Å²) in [7, 11) is 1.44. The van der Waals surface area contributed by atoms with Crippen LogP contribution in [0.1, 0.15) is 5.56 Å². The van der Waals surface area contributed by atoms with Crippen LogP contribution < -0.4 is 15.5 Å². The molecule has 0 spiro atoms. The van der Waals surface area contributed by atoms with Gasteiger partial charge in [0.05, 0.1) is 23.7 Å². The number of para-hydroxylation sites is 1. The molecule has 0 radical (unpaired) electrons. The van der Waals surface area contributed by atoms with Gasteiger partial charge in [-0.1, -0.05) is 23.7 Å². The maximum atomic E-state index is 12.5. The highest BCUT2D eigenvalue weighted by Crippen LogP contribution is 2.28. The number of methoxy groups -OCH3 is 1. The second-order valence-electron chi connectivity index (χ2n) is 5.48. The lowest BCUT2D eigenvalue weighted by Crippen LogP contribution is -2.15. The molecule has 3 rings (SSSR count). The second kappa shape index (κ2) is 7.77. The number of nitriles is 1. The predicted octanol–water partition coefficient (Wildman–Crippen LogP) is 4.00. The molecule has 1 N–H and O–H groups in total. The Morgan fingerprint density at radius 2 is 2.07 bits per heavy atom. The van der Waals surface area contributed by atoms with Crippen LogP contribution in [-0.2, 0) is 4.79 Å². The van der Waals surface area contributed by atoms with Gasteiger partial charge in [0.15, 0.2) is 5.43 Å². The monoisotopic (exact) mass is 380 g/mol. The van der Waals surface area contributed by atoms with Crippen molar-refractivity contribution in [2.75, 3.05) is 12.4 Å². The summed E-state index contributed by atoms with van der Waals surface area (Å²) >= 11 is 5.94. The van der Waals surface area contributed by atoms with Crippen LogP contribution in [0.4, 0.5) is 5.69 Å². The number of rotatable bonds is 4. The normalized spacial score (nSPS) is 11.1. The van der Waals surface area contributed by atoms with Crippen molar-refractivity contribution in [2.24, 2.45) is 0 Å². The number of halogens is 1. The molecule has 1 amide bonds. The average molecular weight is 381 g/mol. The third-order valence-corrected chi connectivity index (χ3v) is 4.02. The fraction of sp³-hybridized carbons (Fsp3) is 0.0500. The fourth-order valence-electron chi connectivity index (χ4n) is 2.46. The van der Waals surface area contributed by atoms with Crippen LogP contribution in [0.3, 0.4) is 0 Å². The number of hydrogen-bond acceptors (Lipinski definition) is 5. The van der Waals surface area contributed by atoms with Crippen LogP contribution in [0.25, 0.3) is 17.0 Å². The van der Waals surface area contributed by atoms with Crippen molar-refractivity contribution < 1.29 is 13.9 Å². The van der Waals surface area contributed by atoms with Crippen LogP contribution in [0.15, 0.2) is 63.5 Å². The highest BCUT2D eigenvalue weighted by molar-refractivity contribution is 6.31. The van der Waals surface area contributed by atoms with Gasteiger partial charge in [0.2, 0.25) is 0 Å². The first kappa shape index (κ1) is 18.2. The largest absolute Gasteiger partial charge is 0.495 e. The summed E-state index contributed by atoms with van der Waals surface area (Å²) in [4.78, 5) is 25.0. The molecule has 27 heavy (non-hydrogen) atoms. The first-order chi connectivity index (χ1) is 13.0. The Bertz CT molecular complexity index is 1160. The Labute approximate surface area is 159 Å². The molecule has 0 aliphatic rings. The summed E-state index contributed by atoms with van der Waals surface area (Å²) in [5.74, 6) is -0.319. The lowest BCUT2D eigenvalue weighted by Gasteiger charge is -2.10. The summed E-state index contributed by atoms with van der Waals surface area (Å²) in [5, 5.41) is 12.7. The number of ether oxygens (including phenoxy) is 1. The Hall–Kier alpha value is -3.56. The molecule has 3 aromatic rings. The Kier molecular flexibility index (Phi) is 5.25. The third kappa shape index (κ3) is 3.84. The second-order valence-corrected chi connectivity index (χ2v) is 5.92. The minimum Gasteiger partial charge on any atom is -0.495 e. The molecule has 1 heterocycles. The zero-order valence-electron chi connectivity index (χ0n) is 14.2. The van der Waals surface area contributed by atoms with Gasteiger partial charge in [0, 0.05) is 5.02 Å². The third-order valence-electron chi connectivity index (χ3n) is 3.78. The van der Waals surface area contributed by atoms with E-state index in [2.05, 4.69) is 5.32 Å². The molecule has 0 saturated heterocycles. The molecule has 0 aliphatic carbocycles. The molecule has 0 fully saturated rings. The van der Waals surface area contributed by atoms with Crippen LogP contribution in [0, 0.1) is 11.3 Å². The van der Waals surface area contributed by atoms with Gasteiger partial charge in [-0.05, 0) is 36.4 Å². The lowest BCUT2D eigenvalue weighted by molar-refractivity contribution is -0.112. The molecule has 134 valence electrons. The van der Waals surface area contributed by atoms with Crippen LogP contribution >= 0.6 is 11.6 Å². The van der Waals surface area contributed by atoms with Crippen molar-refractivity contribution in [1.29, 1.82) is 5.26 Å². The number of carbonyl (C=O) groups excluding carboxylic acids is 1. The number of fused-ring (bicyclic) bond motifs is 1. The maximum Gasteiger partial charge on any atom is 0.266 e. The summed E-state index contributed by atoms with van der Waals surface area (Å²) in [6.45, 7) is 0. The van der Waals surface area contributed by atoms with Crippen LogP contribution in [0.2, 0.25) is 5.02 Å². The van der Waals surface area contributed by atoms with E-state index in [0.29, 0.717) is 27.4 Å². The van der Waals surface area contributed by atoms with Crippen molar-refractivity contribution in [2.45, 2.75) is 0 Å². The van der Waals surface area contributed by atoms with E-state index in [0.717, 1.165) is 0 Å². The van der Waals surface area contributed by atoms with Gasteiger partial charge in [0.25, 0.3) is 5.91 Å². The van der Waals surface area contributed by atoms with E-state index >= 15 is 0 Å². The summed E-state index contributed by atoms with van der Waals surface area (Å²) in [5.41, 5.74) is 0.226. The standard InChI is InChI=1S/C20H13ClN2O4/c1-26-18-7-6-14(21)9-16(18)23-20(25)12(10-22)8-13-11-27-17-5-3-2-4-15(17)19(13)24/h2-9,11H,1H3,(H,23,25). The summed E-state index contributed by atoms with van der Waals surface area (Å²) in [6, 6.07) is 13.2. The van der Waals surface area contributed by atoms with Crippen molar-refractivity contribution in [1.82, 2.24) is 0 Å². The lowest BCUT2D eigenvalue weighted by atomic mass is 10.1. The van der Waals surface area contributed by atoms with Crippen LogP contribution in [0.5, 0.6) is 5.75 Å². The molecular formula is C20H13ClN2O4. The molecular weight excluding hydrogens is 368 g/mol. The molecule has 2 aromatic carbocycles. The van der Waals surface area contributed by atoms with Crippen molar-refractivity contribution in [3.63, 3.8) is 0 Å². The molecule has 0 atom stereocenters. The Balaban J connectivity index is 1.97. The quantitative estimate of drug-likeness (QED) is 0.545. The Morgan fingerprint density at radius 3 is 2.81 bits per heavy atom. The van der Waals surface area contributed by atoms with E-state index < -0.39 is 5.91 Å². The average Bonchev–Trinajstić information content (AvgIpc) is 2.68. The first-order valence-electron chi connectivity index (χ1n) is 7.80. The van der Waals surface area contributed by atoms with Gasteiger partial charge in [-0.3, -0.25) is 9.59 Å². The number of anilines is 1. The number of amides is 1. The predicted molar refractivity (Wildman–Crippen MR) is 103 cm³/mol. The smallest absolute Gasteiger partial charge is 0.266 e. The SMILES string of the molecule is COc1ccc(Cl)cc1NC(=O)C(C#N)=Cc1coc2ccccc2c1=O. The van der Waals surface area contributed by atoms with Crippen LogP contribution in [-0.4, -0.2) is 13.0 Å². The van der Waals surface area contributed by atoms with Gasteiger partial charge in [-0.15, -0.1) is 0 Å². The minimum absolute atomic E-state index is 0.0958. The number of hydrogen-bond donors (Lipinski definition) is 1. The molecule has 0 saturated carbocycles. The summed E-state index contributed by atoms with van der Waals surface area (Å²) < 4.78 is 10.6. The van der Waals surface area contributed by atoms with Crippen molar-refractivity contribution in [3.8, 4) is 11.8 Å². The molecule has 0 bridgehead atoms. The Morgan fingerprint density at radius 1 is 1.30 bits per heavy atom. The van der Waals surface area contributed by atoms with E-state index in [1.54, 1.807) is 42.5 Å². The topological polar surface area (TPSA) is 92.3 Å². The number of carbonyl (C=O) groups is 1. The van der Waals surface area contributed by atoms with E-state index in [4.69, 9.17) is 20.8 Å². The molecule has 7 heteroatoms. The molecule has 0 unspecified atom stereocenters. The molecule has 1 aromatic heterocycles. The highest BCUT2D eigenvalue weighted by atomic mass is 35.5. The molecule has 0 aliphatic heterocycles. The minimum atomic E-state index is -0.703. The van der Waals surface area contributed by atoms with E-state index in [1.165, 1.54) is 25.5 Å². The maximum absolute atomic E-state index is 12.5. The van der Waals surface area contributed by atoms with Gasteiger partial charge in [-0.25, -0.2) is 0 Å². The first-order valence-corrected chi connectivity index (χ1v) is 8.18.